The highest BCUT2D eigenvalue weighted by molar-refractivity contribution is 9.10. The number of hydrogen-bond donors (Lipinski definition) is 0. The van der Waals surface area contributed by atoms with Crippen LogP contribution in [-0.4, -0.2) is 4.98 Å². The Balaban J connectivity index is 2.60. The van der Waals surface area contributed by atoms with Crippen molar-refractivity contribution in [1.82, 2.24) is 4.98 Å². The topological polar surface area (TPSA) is 12.9 Å². The number of rotatable bonds is 4. The summed E-state index contributed by atoms with van der Waals surface area (Å²) in [7, 11) is 0. The van der Waals surface area contributed by atoms with Gasteiger partial charge in [0.25, 0.3) is 0 Å². The van der Waals surface area contributed by atoms with Gasteiger partial charge in [0.2, 0.25) is 5.95 Å². The van der Waals surface area contributed by atoms with E-state index in [-0.39, 0.29) is 11.3 Å². The third kappa shape index (κ3) is 3.39. The second-order valence-electron chi connectivity index (χ2n) is 4.75. The van der Waals surface area contributed by atoms with E-state index in [0.29, 0.717) is 21.5 Å². The Labute approximate surface area is 142 Å². The average molecular weight is 387 g/mol. The molecule has 0 aliphatic carbocycles. The van der Waals surface area contributed by atoms with Crippen molar-refractivity contribution in [2.45, 2.75) is 26.7 Å². The lowest BCUT2D eigenvalue weighted by Gasteiger charge is -2.11. The molecule has 0 saturated heterocycles. The molecule has 0 aliphatic heterocycles. The van der Waals surface area contributed by atoms with Gasteiger partial charge in [0.1, 0.15) is 11.5 Å². The number of allylic oxidation sites excluding steroid dienone is 2. The quantitative estimate of drug-likeness (QED) is 0.536. The van der Waals surface area contributed by atoms with Crippen LogP contribution in [0.4, 0.5) is 8.78 Å². The molecule has 0 bridgehead atoms. The first-order valence-electron chi connectivity index (χ1n) is 6.99. The summed E-state index contributed by atoms with van der Waals surface area (Å²) < 4.78 is 29.4. The van der Waals surface area contributed by atoms with Gasteiger partial charge in [-0.15, -0.1) is 0 Å². The van der Waals surface area contributed by atoms with E-state index in [1.165, 1.54) is 6.07 Å². The fourth-order valence-corrected chi connectivity index (χ4v) is 2.84. The lowest BCUT2D eigenvalue weighted by atomic mass is 10.0. The molecule has 22 heavy (non-hydrogen) atoms. The molecule has 5 heteroatoms. The van der Waals surface area contributed by atoms with Gasteiger partial charge in [0.15, 0.2) is 0 Å². The third-order valence-electron chi connectivity index (χ3n) is 3.31. The third-order valence-corrected chi connectivity index (χ3v) is 4.61. The highest BCUT2D eigenvalue weighted by Gasteiger charge is 2.18. The predicted molar refractivity (Wildman–Crippen MR) is 90.9 cm³/mol. The van der Waals surface area contributed by atoms with Gasteiger partial charge in [-0.1, -0.05) is 43.7 Å². The molecule has 1 heterocycles. The maximum absolute atomic E-state index is 14.4. The molecule has 1 aromatic carbocycles. The summed E-state index contributed by atoms with van der Waals surface area (Å²) in [6, 6.07) is 6.24. The zero-order chi connectivity index (χ0) is 16.3. The summed E-state index contributed by atoms with van der Waals surface area (Å²) in [6.07, 6.45) is 3.25. The van der Waals surface area contributed by atoms with Gasteiger partial charge in [0.05, 0.1) is 5.02 Å². The number of benzene rings is 1. The standard InChI is InChI=1S/C17H15BrClF2N/c1-3-6-10(4-2)12-9-14(20)16(22-17(12)21)11-7-5-8-13(18)15(11)19/h5-9H,3-4H2,1-2H3. The number of hydrogen-bond acceptors (Lipinski definition) is 1. The molecule has 0 atom stereocenters. The molecule has 0 aliphatic rings. The van der Waals surface area contributed by atoms with Gasteiger partial charge in [-0.2, -0.15) is 4.39 Å². The van der Waals surface area contributed by atoms with E-state index in [9.17, 15) is 8.78 Å². The molecule has 2 rings (SSSR count). The van der Waals surface area contributed by atoms with E-state index >= 15 is 0 Å². The molecule has 0 amide bonds. The maximum Gasteiger partial charge on any atom is 0.221 e. The van der Waals surface area contributed by atoms with Gasteiger partial charge >= 0.3 is 0 Å². The Morgan fingerprint density at radius 3 is 2.68 bits per heavy atom. The van der Waals surface area contributed by atoms with E-state index in [2.05, 4.69) is 20.9 Å². The van der Waals surface area contributed by atoms with Crippen LogP contribution in [0.2, 0.25) is 5.02 Å². The Kier molecular flexibility index (Phi) is 5.70. The molecule has 2 aromatic rings. The lowest BCUT2D eigenvalue weighted by Crippen LogP contribution is -2.00. The van der Waals surface area contributed by atoms with Crippen molar-refractivity contribution >= 4 is 33.1 Å². The SMILES string of the molecule is CCC=C(CC)c1cc(F)c(-c2cccc(Br)c2Cl)nc1F. The van der Waals surface area contributed by atoms with Crippen LogP contribution in [0.3, 0.4) is 0 Å². The zero-order valence-corrected chi connectivity index (χ0v) is 14.6. The van der Waals surface area contributed by atoms with Crippen LogP contribution < -0.4 is 0 Å². The van der Waals surface area contributed by atoms with Crippen LogP contribution in [0.5, 0.6) is 0 Å². The molecule has 0 N–H and O–H groups in total. The molecule has 1 nitrogen and oxygen atoms in total. The monoisotopic (exact) mass is 385 g/mol. The minimum absolute atomic E-state index is 0.0838. The van der Waals surface area contributed by atoms with Gasteiger partial charge in [-0.25, -0.2) is 9.37 Å². The van der Waals surface area contributed by atoms with Crippen molar-refractivity contribution in [2.75, 3.05) is 0 Å². The van der Waals surface area contributed by atoms with Gasteiger partial charge in [-0.05, 0) is 46.5 Å². The molecule has 0 fully saturated rings. The average Bonchev–Trinajstić information content (AvgIpc) is 2.50. The zero-order valence-electron chi connectivity index (χ0n) is 12.3. The molecular weight excluding hydrogens is 372 g/mol. The van der Waals surface area contributed by atoms with E-state index in [0.717, 1.165) is 12.0 Å². The van der Waals surface area contributed by atoms with Crippen molar-refractivity contribution < 1.29 is 8.78 Å². The van der Waals surface area contributed by atoms with Crippen molar-refractivity contribution in [3.05, 3.63) is 57.2 Å². The van der Waals surface area contributed by atoms with E-state index in [4.69, 9.17) is 11.6 Å². The normalized spacial score (nSPS) is 11.8. The fraction of sp³-hybridized carbons (Fsp3) is 0.235. The van der Waals surface area contributed by atoms with Gasteiger partial charge in [0, 0.05) is 15.6 Å². The maximum atomic E-state index is 14.4. The van der Waals surface area contributed by atoms with Crippen LogP contribution in [-0.2, 0) is 0 Å². The first-order chi connectivity index (χ1) is 10.5. The lowest BCUT2D eigenvalue weighted by molar-refractivity contribution is 0.559. The Bertz CT molecular complexity index is 729. The molecule has 0 unspecified atom stereocenters. The van der Waals surface area contributed by atoms with Crippen molar-refractivity contribution in [3.8, 4) is 11.3 Å². The summed E-state index contributed by atoms with van der Waals surface area (Å²) in [5, 5.41) is 0.306. The predicted octanol–water partition coefficient (Wildman–Crippen LogP) is 6.65. The highest BCUT2D eigenvalue weighted by Crippen LogP contribution is 2.35. The second-order valence-corrected chi connectivity index (χ2v) is 5.98. The Hall–Kier alpha value is -1.26. The molecule has 0 radical (unpaired) electrons. The Morgan fingerprint density at radius 2 is 2.05 bits per heavy atom. The summed E-state index contributed by atoms with van der Waals surface area (Å²) in [6.45, 7) is 3.85. The van der Waals surface area contributed by atoms with Crippen molar-refractivity contribution in [1.29, 1.82) is 0 Å². The molecule has 1 aromatic heterocycles. The molecule has 0 spiro atoms. The van der Waals surface area contributed by atoms with Crippen molar-refractivity contribution in [2.24, 2.45) is 0 Å². The summed E-state index contributed by atoms with van der Waals surface area (Å²) >= 11 is 9.41. The highest BCUT2D eigenvalue weighted by atomic mass is 79.9. The van der Waals surface area contributed by atoms with Crippen LogP contribution in [0.1, 0.15) is 32.3 Å². The second kappa shape index (κ2) is 7.34. The smallest absolute Gasteiger partial charge is 0.216 e. The first-order valence-corrected chi connectivity index (χ1v) is 8.16. The number of pyridine rings is 1. The van der Waals surface area contributed by atoms with E-state index < -0.39 is 11.8 Å². The minimum atomic E-state index is -0.686. The minimum Gasteiger partial charge on any atom is -0.216 e. The number of nitrogens with zero attached hydrogens (tertiary/aromatic N) is 1. The summed E-state index contributed by atoms with van der Waals surface area (Å²) in [5.74, 6) is -1.28. The molecule has 116 valence electrons. The summed E-state index contributed by atoms with van der Waals surface area (Å²) in [4.78, 5) is 3.81. The van der Waals surface area contributed by atoms with Crippen LogP contribution in [0.25, 0.3) is 16.8 Å². The number of aromatic nitrogens is 1. The van der Waals surface area contributed by atoms with Crippen LogP contribution in [0, 0.1) is 11.8 Å². The van der Waals surface area contributed by atoms with Crippen LogP contribution in [0.15, 0.2) is 34.8 Å². The van der Waals surface area contributed by atoms with E-state index in [1.54, 1.807) is 18.2 Å². The van der Waals surface area contributed by atoms with Crippen molar-refractivity contribution in [3.63, 3.8) is 0 Å². The first kappa shape index (κ1) is 17.1. The van der Waals surface area contributed by atoms with Crippen LogP contribution >= 0.6 is 27.5 Å². The molecule has 0 saturated carbocycles. The fourth-order valence-electron chi connectivity index (χ4n) is 2.26. The largest absolute Gasteiger partial charge is 0.221 e. The van der Waals surface area contributed by atoms with Gasteiger partial charge in [-0.3, -0.25) is 0 Å². The van der Waals surface area contributed by atoms with Gasteiger partial charge < -0.3 is 0 Å². The molecular formula is C17H15BrClF2N. The number of halogens is 4. The van der Waals surface area contributed by atoms with E-state index in [1.807, 2.05) is 19.9 Å². The summed E-state index contributed by atoms with van der Waals surface area (Å²) in [5.41, 5.74) is 1.23. The Morgan fingerprint density at radius 1 is 1.32 bits per heavy atom.